The normalized spacial score (nSPS) is 10.9. The standard InChI is InChI=1S/C10H14N4O/c1-12(2)10-11-8-7(5-6-13(8)3)9(15)14(10)4/h5-6H,1-4H3. The zero-order valence-corrected chi connectivity index (χ0v) is 9.35. The molecule has 80 valence electrons. The molecule has 0 amide bonds. The van der Waals surface area contributed by atoms with Crippen molar-refractivity contribution in [1.82, 2.24) is 14.1 Å². The highest BCUT2D eigenvalue weighted by molar-refractivity contribution is 5.76. The van der Waals surface area contributed by atoms with Gasteiger partial charge in [0.1, 0.15) is 5.65 Å². The van der Waals surface area contributed by atoms with E-state index in [4.69, 9.17) is 0 Å². The van der Waals surface area contributed by atoms with Crippen LogP contribution in [0.4, 0.5) is 5.95 Å². The Labute approximate surface area is 87.6 Å². The van der Waals surface area contributed by atoms with Gasteiger partial charge in [-0.1, -0.05) is 0 Å². The van der Waals surface area contributed by atoms with Crippen molar-refractivity contribution in [3.63, 3.8) is 0 Å². The van der Waals surface area contributed by atoms with Crippen molar-refractivity contribution in [3.8, 4) is 0 Å². The number of fused-ring (bicyclic) bond motifs is 1. The van der Waals surface area contributed by atoms with Crippen LogP contribution in [0.5, 0.6) is 0 Å². The van der Waals surface area contributed by atoms with Gasteiger partial charge in [0.05, 0.1) is 5.39 Å². The maximum absolute atomic E-state index is 11.9. The lowest BCUT2D eigenvalue weighted by molar-refractivity contribution is 0.802. The summed E-state index contributed by atoms with van der Waals surface area (Å²) in [4.78, 5) is 18.2. The molecule has 0 aliphatic carbocycles. The van der Waals surface area contributed by atoms with E-state index >= 15 is 0 Å². The van der Waals surface area contributed by atoms with Crippen LogP contribution in [-0.4, -0.2) is 28.2 Å². The van der Waals surface area contributed by atoms with E-state index in [9.17, 15) is 4.79 Å². The molecule has 2 rings (SSSR count). The first-order valence-corrected chi connectivity index (χ1v) is 4.71. The van der Waals surface area contributed by atoms with Crippen LogP contribution in [0.25, 0.3) is 11.0 Å². The van der Waals surface area contributed by atoms with Crippen LogP contribution >= 0.6 is 0 Å². The number of rotatable bonds is 1. The third-order valence-electron chi connectivity index (χ3n) is 2.48. The maximum Gasteiger partial charge on any atom is 0.264 e. The van der Waals surface area contributed by atoms with E-state index in [1.807, 2.05) is 36.8 Å². The quantitative estimate of drug-likeness (QED) is 0.675. The second kappa shape index (κ2) is 3.12. The Morgan fingerprint density at radius 1 is 1.33 bits per heavy atom. The van der Waals surface area contributed by atoms with Crippen LogP contribution < -0.4 is 10.5 Å². The van der Waals surface area contributed by atoms with E-state index in [0.29, 0.717) is 11.3 Å². The largest absolute Gasteiger partial charge is 0.348 e. The maximum atomic E-state index is 11.9. The first-order valence-electron chi connectivity index (χ1n) is 4.71. The van der Waals surface area contributed by atoms with Gasteiger partial charge in [-0.3, -0.25) is 9.36 Å². The smallest absolute Gasteiger partial charge is 0.264 e. The average molecular weight is 206 g/mol. The van der Waals surface area contributed by atoms with Gasteiger partial charge in [0.2, 0.25) is 5.95 Å². The second-order valence-electron chi connectivity index (χ2n) is 3.83. The molecule has 2 heterocycles. The van der Waals surface area contributed by atoms with E-state index in [1.165, 1.54) is 0 Å². The fourth-order valence-corrected chi connectivity index (χ4v) is 1.67. The highest BCUT2D eigenvalue weighted by Gasteiger charge is 2.11. The van der Waals surface area contributed by atoms with Crippen molar-refractivity contribution in [2.45, 2.75) is 0 Å². The molecule has 0 bridgehead atoms. The minimum absolute atomic E-state index is 0.00991. The monoisotopic (exact) mass is 206 g/mol. The van der Waals surface area contributed by atoms with Gasteiger partial charge in [-0.15, -0.1) is 0 Å². The van der Waals surface area contributed by atoms with E-state index in [2.05, 4.69) is 4.98 Å². The van der Waals surface area contributed by atoms with E-state index in [-0.39, 0.29) is 5.56 Å². The molecule has 0 fully saturated rings. The Morgan fingerprint density at radius 3 is 2.60 bits per heavy atom. The van der Waals surface area contributed by atoms with Gasteiger partial charge in [0.15, 0.2) is 0 Å². The van der Waals surface area contributed by atoms with Crippen LogP contribution in [0, 0.1) is 0 Å². The predicted octanol–water partition coefficient (Wildman–Crippen LogP) is 0.338. The zero-order valence-electron chi connectivity index (χ0n) is 9.35. The predicted molar refractivity (Wildman–Crippen MR) is 60.3 cm³/mol. The fraction of sp³-hybridized carbons (Fsp3) is 0.400. The lowest BCUT2D eigenvalue weighted by atomic mass is 10.4. The first kappa shape index (κ1) is 9.76. The third-order valence-corrected chi connectivity index (χ3v) is 2.48. The van der Waals surface area contributed by atoms with Gasteiger partial charge in [-0.25, -0.2) is 0 Å². The topological polar surface area (TPSA) is 43.1 Å². The summed E-state index contributed by atoms with van der Waals surface area (Å²) < 4.78 is 3.41. The first-order chi connectivity index (χ1) is 7.02. The summed E-state index contributed by atoms with van der Waals surface area (Å²) in [6, 6.07) is 1.80. The van der Waals surface area contributed by atoms with Gasteiger partial charge in [0.25, 0.3) is 5.56 Å². The summed E-state index contributed by atoms with van der Waals surface area (Å²) in [6.45, 7) is 0. The van der Waals surface area contributed by atoms with Crippen LogP contribution in [0.15, 0.2) is 17.1 Å². The fourth-order valence-electron chi connectivity index (χ4n) is 1.67. The van der Waals surface area contributed by atoms with Gasteiger partial charge in [0, 0.05) is 34.4 Å². The zero-order chi connectivity index (χ0) is 11.2. The molecule has 15 heavy (non-hydrogen) atoms. The molecule has 0 N–H and O–H groups in total. The van der Waals surface area contributed by atoms with E-state index in [0.717, 1.165) is 5.65 Å². The van der Waals surface area contributed by atoms with Crippen molar-refractivity contribution in [2.75, 3.05) is 19.0 Å². The minimum atomic E-state index is -0.00991. The molecular formula is C10H14N4O. The molecule has 2 aromatic heterocycles. The molecule has 5 heteroatoms. The summed E-state index contributed by atoms with van der Waals surface area (Å²) in [5, 5.41) is 0.658. The Kier molecular flexibility index (Phi) is 2.03. The molecule has 0 aromatic carbocycles. The summed E-state index contributed by atoms with van der Waals surface area (Å²) in [5.41, 5.74) is 0.714. The Morgan fingerprint density at radius 2 is 2.00 bits per heavy atom. The molecule has 0 atom stereocenters. The van der Waals surface area contributed by atoms with Gasteiger partial charge in [-0.05, 0) is 6.07 Å². The van der Waals surface area contributed by atoms with Crippen LogP contribution in [0.2, 0.25) is 0 Å². The number of anilines is 1. The van der Waals surface area contributed by atoms with Crippen molar-refractivity contribution in [1.29, 1.82) is 0 Å². The summed E-state index contributed by atoms with van der Waals surface area (Å²) in [6.07, 6.45) is 1.85. The molecule has 0 aliphatic rings. The highest BCUT2D eigenvalue weighted by Crippen LogP contribution is 2.12. The van der Waals surface area contributed by atoms with Crippen LogP contribution in [-0.2, 0) is 14.1 Å². The number of nitrogens with zero attached hydrogens (tertiary/aromatic N) is 4. The van der Waals surface area contributed by atoms with E-state index in [1.54, 1.807) is 17.7 Å². The highest BCUT2D eigenvalue weighted by atomic mass is 16.1. The van der Waals surface area contributed by atoms with Gasteiger partial charge >= 0.3 is 0 Å². The second-order valence-corrected chi connectivity index (χ2v) is 3.83. The Bertz CT molecular complexity index is 565. The van der Waals surface area contributed by atoms with Crippen molar-refractivity contribution in [3.05, 3.63) is 22.6 Å². The number of hydrogen-bond donors (Lipinski definition) is 0. The summed E-state index contributed by atoms with van der Waals surface area (Å²) >= 11 is 0. The van der Waals surface area contributed by atoms with E-state index < -0.39 is 0 Å². The molecule has 0 spiro atoms. The van der Waals surface area contributed by atoms with Gasteiger partial charge < -0.3 is 9.47 Å². The lowest BCUT2D eigenvalue weighted by Crippen LogP contribution is -2.26. The number of aryl methyl sites for hydroxylation is 1. The molecule has 2 aromatic rings. The SMILES string of the molecule is CN(C)c1nc2c(ccn2C)c(=O)n1C. The molecule has 0 unspecified atom stereocenters. The average Bonchev–Trinajstić information content (AvgIpc) is 2.53. The van der Waals surface area contributed by atoms with Gasteiger partial charge in [-0.2, -0.15) is 4.98 Å². The Hall–Kier alpha value is -1.78. The summed E-state index contributed by atoms with van der Waals surface area (Å²) in [7, 11) is 7.36. The number of hydrogen-bond acceptors (Lipinski definition) is 3. The molecule has 5 nitrogen and oxygen atoms in total. The van der Waals surface area contributed by atoms with Crippen molar-refractivity contribution in [2.24, 2.45) is 14.1 Å². The molecule has 0 saturated heterocycles. The number of aromatic nitrogens is 3. The Balaban J connectivity index is 2.91. The molecular weight excluding hydrogens is 192 g/mol. The van der Waals surface area contributed by atoms with Crippen LogP contribution in [0.3, 0.4) is 0 Å². The molecule has 0 saturated carbocycles. The molecule has 0 radical (unpaired) electrons. The third kappa shape index (κ3) is 1.31. The molecule has 0 aliphatic heterocycles. The summed E-state index contributed by atoms with van der Waals surface area (Å²) in [5.74, 6) is 0.661. The lowest BCUT2D eigenvalue weighted by Gasteiger charge is -2.15. The van der Waals surface area contributed by atoms with Crippen molar-refractivity contribution < 1.29 is 0 Å². The van der Waals surface area contributed by atoms with Crippen LogP contribution in [0.1, 0.15) is 0 Å². The van der Waals surface area contributed by atoms with Crippen molar-refractivity contribution >= 4 is 17.0 Å². The minimum Gasteiger partial charge on any atom is -0.348 e.